The van der Waals surface area contributed by atoms with Crippen molar-refractivity contribution in [2.75, 3.05) is 32.6 Å². The average Bonchev–Trinajstić information content (AvgIpc) is 3.33. The lowest BCUT2D eigenvalue weighted by atomic mass is 10.0. The Balaban J connectivity index is 1.69. The molecular formula is C26H25N7O. The van der Waals surface area contributed by atoms with Crippen molar-refractivity contribution in [3.05, 3.63) is 65.7 Å². The summed E-state index contributed by atoms with van der Waals surface area (Å²) < 4.78 is 5.74. The topological polar surface area (TPSA) is 114 Å². The Bertz CT molecular complexity index is 1410. The lowest BCUT2D eigenvalue weighted by molar-refractivity contribution is 0.272. The second-order valence-corrected chi connectivity index (χ2v) is 8.22. The molecule has 170 valence electrons. The number of nitriles is 2. The molecule has 4 aromatic rings. The maximum absolute atomic E-state index is 9.75. The van der Waals surface area contributed by atoms with E-state index in [4.69, 9.17) is 4.74 Å². The molecule has 0 aliphatic rings. The Morgan fingerprint density at radius 1 is 1.09 bits per heavy atom. The number of nitrogens with zero attached hydrogens (tertiary/aromatic N) is 5. The molecule has 0 spiro atoms. The minimum absolute atomic E-state index is 0.303. The van der Waals surface area contributed by atoms with Gasteiger partial charge in [0.05, 0.1) is 17.9 Å². The van der Waals surface area contributed by atoms with Crippen LogP contribution in [0.4, 0.5) is 11.4 Å². The first-order valence-corrected chi connectivity index (χ1v) is 10.9. The summed E-state index contributed by atoms with van der Waals surface area (Å²) in [4.78, 5) is 13.9. The Kier molecular flexibility index (Phi) is 6.72. The van der Waals surface area contributed by atoms with E-state index >= 15 is 0 Å². The molecular weight excluding hydrogens is 426 g/mol. The van der Waals surface area contributed by atoms with Crippen molar-refractivity contribution in [2.24, 2.45) is 0 Å². The zero-order valence-electron chi connectivity index (χ0n) is 19.4. The van der Waals surface area contributed by atoms with Crippen molar-refractivity contribution in [1.29, 1.82) is 10.5 Å². The highest BCUT2D eigenvalue weighted by Gasteiger charge is 2.16. The van der Waals surface area contributed by atoms with E-state index in [9.17, 15) is 10.5 Å². The summed E-state index contributed by atoms with van der Waals surface area (Å²) in [6, 6.07) is 12.1. The lowest BCUT2D eigenvalue weighted by Gasteiger charge is -2.16. The predicted octanol–water partition coefficient (Wildman–Crippen LogP) is 4.75. The fraction of sp³-hybridized carbons (Fsp3) is 0.231. The second kappa shape index (κ2) is 10.0. The number of aromatic nitrogens is 3. The van der Waals surface area contributed by atoms with Crippen LogP contribution in [0.15, 0.2) is 49.1 Å². The maximum atomic E-state index is 9.75. The smallest absolute Gasteiger partial charge is 0.231 e. The van der Waals surface area contributed by atoms with E-state index in [1.807, 2.05) is 45.4 Å². The average molecular weight is 452 g/mol. The van der Waals surface area contributed by atoms with Gasteiger partial charge in [0, 0.05) is 59.0 Å². The molecule has 3 heterocycles. The molecule has 0 aliphatic heterocycles. The third kappa shape index (κ3) is 4.68. The molecule has 8 heteroatoms. The zero-order chi connectivity index (χ0) is 24.1. The van der Waals surface area contributed by atoms with E-state index in [1.165, 1.54) is 6.20 Å². The third-order valence-electron chi connectivity index (χ3n) is 5.60. The summed E-state index contributed by atoms with van der Waals surface area (Å²) in [7, 11) is 4.00. The molecule has 0 unspecified atom stereocenters. The Labute approximate surface area is 198 Å². The zero-order valence-corrected chi connectivity index (χ0v) is 19.4. The first-order chi connectivity index (χ1) is 16.5. The van der Waals surface area contributed by atoms with Crippen LogP contribution in [0.3, 0.4) is 0 Å². The summed E-state index contributed by atoms with van der Waals surface area (Å²) in [6.45, 7) is 3.39. The highest BCUT2D eigenvalue weighted by molar-refractivity contribution is 5.91. The van der Waals surface area contributed by atoms with E-state index in [2.05, 4.69) is 37.3 Å². The van der Waals surface area contributed by atoms with Crippen molar-refractivity contribution in [3.63, 3.8) is 0 Å². The molecule has 8 nitrogen and oxygen atoms in total. The molecule has 2 N–H and O–H groups in total. The van der Waals surface area contributed by atoms with Crippen molar-refractivity contribution >= 4 is 22.3 Å². The molecule has 0 amide bonds. The molecule has 0 radical (unpaired) electrons. The van der Waals surface area contributed by atoms with Gasteiger partial charge in [0.25, 0.3) is 0 Å². The fourth-order valence-electron chi connectivity index (χ4n) is 3.80. The Morgan fingerprint density at radius 3 is 2.68 bits per heavy atom. The number of H-pyrrole nitrogens is 1. The third-order valence-corrected chi connectivity index (χ3v) is 5.60. The molecule has 1 aromatic carbocycles. The van der Waals surface area contributed by atoms with Crippen LogP contribution in [0.25, 0.3) is 22.0 Å². The minimum Gasteiger partial charge on any atom is -0.477 e. The number of anilines is 2. The van der Waals surface area contributed by atoms with Crippen LogP contribution in [0.2, 0.25) is 0 Å². The highest BCUT2D eigenvalue weighted by atomic mass is 16.5. The van der Waals surface area contributed by atoms with Gasteiger partial charge in [0.2, 0.25) is 5.88 Å². The number of aryl methyl sites for hydroxylation is 1. The summed E-state index contributed by atoms with van der Waals surface area (Å²) in [5.74, 6) is 0.303. The van der Waals surface area contributed by atoms with Crippen LogP contribution in [0.5, 0.6) is 5.88 Å². The molecule has 0 saturated heterocycles. The molecule has 34 heavy (non-hydrogen) atoms. The van der Waals surface area contributed by atoms with E-state index in [-0.39, 0.29) is 0 Å². The summed E-state index contributed by atoms with van der Waals surface area (Å²) in [5.41, 5.74) is 5.67. The molecule has 0 bridgehead atoms. The number of nitrogens with one attached hydrogen (secondary N) is 2. The van der Waals surface area contributed by atoms with Gasteiger partial charge in [-0.15, -0.1) is 0 Å². The molecule has 0 saturated carbocycles. The van der Waals surface area contributed by atoms with Gasteiger partial charge in [-0.3, -0.25) is 4.98 Å². The van der Waals surface area contributed by atoms with E-state index in [0.29, 0.717) is 40.4 Å². The number of pyridine rings is 2. The minimum atomic E-state index is 0.303. The van der Waals surface area contributed by atoms with Gasteiger partial charge in [-0.05, 0) is 57.3 Å². The number of hydrogen-bond acceptors (Lipinski definition) is 7. The number of aromatic amines is 1. The SMILES string of the molecule is Cc1c(Nc2c(C#N)cncc2-c2cnc(OCCCN(C)C)c(C#N)c2)ccc2[nH]ccc12. The molecule has 0 fully saturated rings. The first kappa shape index (κ1) is 22.8. The Hall–Kier alpha value is -4.40. The second-order valence-electron chi connectivity index (χ2n) is 8.22. The first-order valence-electron chi connectivity index (χ1n) is 10.9. The molecule has 0 aliphatic carbocycles. The van der Waals surface area contributed by atoms with Crippen molar-refractivity contribution in [2.45, 2.75) is 13.3 Å². The van der Waals surface area contributed by atoms with Gasteiger partial charge >= 0.3 is 0 Å². The summed E-state index contributed by atoms with van der Waals surface area (Å²) in [6.07, 6.45) is 7.57. The van der Waals surface area contributed by atoms with Crippen LogP contribution in [0.1, 0.15) is 23.1 Å². The van der Waals surface area contributed by atoms with Crippen LogP contribution < -0.4 is 10.1 Å². The van der Waals surface area contributed by atoms with Gasteiger partial charge in [0.1, 0.15) is 17.7 Å². The number of fused-ring (bicyclic) bond motifs is 1. The molecule has 4 rings (SSSR count). The monoisotopic (exact) mass is 451 g/mol. The summed E-state index contributed by atoms with van der Waals surface area (Å²) in [5, 5.41) is 24.0. The normalized spacial score (nSPS) is 10.8. The van der Waals surface area contributed by atoms with E-state index < -0.39 is 0 Å². The molecule has 3 aromatic heterocycles. The fourth-order valence-corrected chi connectivity index (χ4v) is 3.80. The van der Waals surface area contributed by atoms with Gasteiger partial charge < -0.3 is 19.9 Å². The van der Waals surface area contributed by atoms with Crippen molar-refractivity contribution in [1.82, 2.24) is 19.9 Å². The van der Waals surface area contributed by atoms with Crippen molar-refractivity contribution < 1.29 is 4.74 Å². The van der Waals surface area contributed by atoms with Gasteiger partial charge in [0.15, 0.2) is 0 Å². The Morgan fingerprint density at radius 2 is 1.91 bits per heavy atom. The van der Waals surface area contributed by atoms with E-state index in [0.717, 1.165) is 35.1 Å². The number of benzene rings is 1. The number of ether oxygens (including phenoxy) is 1. The van der Waals surface area contributed by atoms with Crippen LogP contribution >= 0.6 is 0 Å². The van der Waals surface area contributed by atoms with Crippen LogP contribution in [-0.2, 0) is 0 Å². The largest absolute Gasteiger partial charge is 0.477 e. The quantitative estimate of drug-likeness (QED) is 0.372. The van der Waals surface area contributed by atoms with Crippen LogP contribution in [-0.4, -0.2) is 47.1 Å². The van der Waals surface area contributed by atoms with Gasteiger partial charge in [-0.1, -0.05) is 0 Å². The maximum Gasteiger partial charge on any atom is 0.231 e. The number of hydrogen-bond donors (Lipinski definition) is 2. The van der Waals surface area contributed by atoms with Gasteiger partial charge in [-0.25, -0.2) is 4.98 Å². The lowest BCUT2D eigenvalue weighted by Crippen LogP contribution is -2.16. The highest BCUT2D eigenvalue weighted by Crippen LogP contribution is 2.35. The molecule has 0 atom stereocenters. The van der Waals surface area contributed by atoms with Crippen molar-refractivity contribution in [3.8, 4) is 29.1 Å². The van der Waals surface area contributed by atoms with E-state index in [1.54, 1.807) is 18.5 Å². The predicted molar refractivity (Wildman–Crippen MR) is 132 cm³/mol. The number of rotatable bonds is 8. The standard InChI is InChI=1S/C26H25N7O/c1-17-21-7-8-30-24(21)6-5-23(17)32-25-20(13-28)14-29-16-22(25)19-11-18(12-27)26(31-15-19)34-10-4-9-33(2)3/h5-8,11,14-16,30H,4,9-10H2,1-3H3,(H,29,32). The van der Waals surface area contributed by atoms with Gasteiger partial charge in [-0.2, -0.15) is 10.5 Å². The van der Waals surface area contributed by atoms with Crippen LogP contribution in [0, 0.1) is 29.6 Å². The summed E-state index contributed by atoms with van der Waals surface area (Å²) >= 11 is 0.